The largest absolute Gasteiger partial charge is 0.296 e. The second kappa shape index (κ2) is 5.34. The molecule has 4 nitrogen and oxygen atoms in total. The van der Waals surface area contributed by atoms with Crippen molar-refractivity contribution in [3.8, 4) is 10.6 Å². The molecule has 0 saturated carbocycles. The molecule has 100 valence electrons. The Balaban J connectivity index is 2.02. The van der Waals surface area contributed by atoms with Gasteiger partial charge in [0.2, 0.25) is 0 Å². The van der Waals surface area contributed by atoms with Crippen LogP contribution in [-0.2, 0) is 6.54 Å². The Morgan fingerprint density at radius 1 is 1.30 bits per heavy atom. The standard InChI is InChI=1S/C14H10FN3OS/c15-11-4-1-3-10(7-11)8-18-14(12(9-19)16-17-18)13-5-2-6-20-13/h1-7,9H,8H2. The quantitative estimate of drug-likeness (QED) is 0.693. The Morgan fingerprint density at radius 2 is 2.20 bits per heavy atom. The molecule has 0 bridgehead atoms. The second-order valence-corrected chi connectivity index (χ2v) is 5.15. The summed E-state index contributed by atoms with van der Waals surface area (Å²) in [7, 11) is 0. The van der Waals surface area contributed by atoms with Crippen LogP contribution in [0.2, 0.25) is 0 Å². The van der Waals surface area contributed by atoms with Gasteiger partial charge in [0.1, 0.15) is 11.5 Å². The molecule has 0 saturated heterocycles. The third kappa shape index (κ3) is 2.37. The van der Waals surface area contributed by atoms with Crippen molar-refractivity contribution < 1.29 is 9.18 Å². The number of rotatable bonds is 4. The van der Waals surface area contributed by atoms with Crippen molar-refractivity contribution in [2.75, 3.05) is 0 Å². The van der Waals surface area contributed by atoms with Gasteiger partial charge in [-0.25, -0.2) is 9.07 Å². The van der Waals surface area contributed by atoms with E-state index in [2.05, 4.69) is 10.3 Å². The maximum absolute atomic E-state index is 13.2. The number of aromatic nitrogens is 3. The smallest absolute Gasteiger partial charge is 0.172 e. The number of hydrogen-bond donors (Lipinski definition) is 0. The van der Waals surface area contributed by atoms with E-state index in [1.54, 1.807) is 10.7 Å². The molecule has 0 unspecified atom stereocenters. The number of carbonyl (C=O) groups is 1. The predicted molar refractivity (Wildman–Crippen MR) is 74.2 cm³/mol. The number of halogens is 1. The number of aldehydes is 1. The van der Waals surface area contributed by atoms with E-state index in [4.69, 9.17) is 0 Å². The molecular weight excluding hydrogens is 277 g/mol. The zero-order valence-corrected chi connectivity index (χ0v) is 11.2. The van der Waals surface area contributed by atoms with Crippen molar-refractivity contribution >= 4 is 17.6 Å². The van der Waals surface area contributed by atoms with Crippen LogP contribution in [0.1, 0.15) is 16.1 Å². The van der Waals surface area contributed by atoms with Gasteiger partial charge in [-0.15, -0.1) is 16.4 Å². The van der Waals surface area contributed by atoms with Crippen LogP contribution < -0.4 is 0 Å². The average molecular weight is 287 g/mol. The van der Waals surface area contributed by atoms with Crippen LogP contribution in [0.25, 0.3) is 10.6 Å². The van der Waals surface area contributed by atoms with Crippen LogP contribution in [0.15, 0.2) is 41.8 Å². The first kappa shape index (κ1) is 12.7. The molecule has 0 aliphatic heterocycles. The molecule has 1 aromatic carbocycles. The van der Waals surface area contributed by atoms with E-state index < -0.39 is 0 Å². The molecule has 6 heteroatoms. The predicted octanol–water partition coefficient (Wildman–Crippen LogP) is 3.01. The first-order valence-electron chi connectivity index (χ1n) is 5.95. The van der Waals surface area contributed by atoms with Crippen LogP contribution in [0.4, 0.5) is 4.39 Å². The summed E-state index contributed by atoms with van der Waals surface area (Å²) in [5.41, 5.74) is 1.73. The number of carbonyl (C=O) groups excluding carboxylic acids is 1. The first-order valence-corrected chi connectivity index (χ1v) is 6.83. The van der Waals surface area contributed by atoms with E-state index in [1.165, 1.54) is 23.5 Å². The molecule has 0 spiro atoms. The van der Waals surface area contributed by atoms with Crippen molar-refractivity contribution in [2.24, 2.45) is 0 Å². The molecule has 2 aromatic heterocycles. The fourth-order valence-corrected chi connectivity index (χ4v) is 2.77. The van der Waals surface area contributed by atoms with Gasteiger partial charge in [-0.3, -0.25) is 4.79 Å². The molecule has 0 radical (unpaired) electrons. The van der Waals surface area contributed by atoms with Crippen molar-refractivity contribution in [1.82, 2.24) is 15.0 Å². The Kier molecular flexibility index (Phi) is 3.39. The van der Waals surface area contributed by atoms with Gasteiger partial charge < -0.3 is 0 Å². The van der Waals surface area contributed by atoms with E-state index in [9.17, 15) is 9.18 Å². The van der Waals surface area contributed by atoms with Crippen molar-refractivity contribution in [3.63, 3.8) is 0 Å². The Hall–Kier alpha value is -2.34. The van der Waals surface area contributed by atoms with E-state index in [0.29, 0.717) is 24.2 Å². The van der Waals surface area contributed by atoms with Crippen molar-refractivity contribution in [1.29, 1.82) is 0 Å². The SMILES string of the molecule is O=Cc1nnn(Cc2cccc(F)c2)c1-c1cccs1. The summed E-state index contributed by atoms with van der Waals surface area (Å²) in [6, 6.07) is 10.1. The molecule has 0 N–H and O–H groups in total. The van der Waals surface area contributed by atoms with Gasteiger partial charge in [0, 0.05) is 0 Å². The van der Waals surface area contributed by atoms with Gasteiger partial charge >= 0.3 is 0 Å². The Bertz CT molecular complexity index is 737. The van der Waals surface area contributed by atoms with Crippen LogP contribution in [-0.4, -0.2) is 21.3 Å². The van der Waals surface area contributed by atoms with Crippen LogP contribution in [0.3, 0.4) is 0 Å². The summed E-state index contributed by atoms with van der Waals surface area (Å²) in [4.78, 5) is 12.0. The molecule has 0 atom stereocenters. The number of benzene rings is 1. The van der Waals surface area contributed by atoms with Crippen LogP contribution in [0, 0.1) is 5.82 Å². The molecule has 20 heavy (non-hydrogen) atoms. The maximum atomic E-state index is 13.2. The molecule has 2 heterocycles. The van der Waals surface area contributed by atoms with E-state index >= 15 is 0 Å². The highest BCUT2D eigenvalue weighted by atomic mass is 32.1. The Labute approximate surface area is 118 Å². The summed E-state index contributed by atoms with van der Waals surface area (Å²) < 4.78 is 14.8. The van der Waals surface area contributed by atoms with Crippen LogP contribution in [0.5, 0.6) is 0 Å². The summed E-state index contributed by atoms with van der Waals surface area (Å²) in [5.74, 6) is -0.295. The van der Waals surface area contributed by atoms with Crippen LogP contribution >= 0.6 is 11.3 Å². The van der Waals surface area contributed by atoms with Gasteiger partial charge in [0.05, 0.1) is 11.4 Å². The zero-order chi connectivity index (χ0) is 13.9. The van der Waals surface area contributed by atoms with E-state index in [1.807, 2.05) is 23.6 Å². The summed E-state index contributed by atoms with van der Waals surface area (Å²) in [6.07, 6.45) is 0.685. The minimum absolute atomic E-state index is 0.295. The van der Waals surface area contributed by atoms with Gasteiger partial charge in [0.25, 0.3) is 0 Å². The van der Waals surface area contributed by atoms with Crippen molar-refractivity contribution in [3.05, 3.63) is 58.9 Å². The lowest BCUT2D eigenvalue weighted by atomic mass is 10.2. The molecule has 3 aromatic rings. The lowest BCUT2D eigenvalue weighted by molar-refractivity contribution is 0.111. The Morgan fingerprint density at radius 3 is 2.90 bits per heavy atom. The zero-order valence-electron chi connectivity index (χ0n) is 10.4. The summed E-state index contributed by atoms with van der Waals surface area (Å²) >= 11 is 1.50. The molecule has 3 rings (SSSR count). The highest BCUT2D eigenvalue weighted by Gasteiger charge is 2.15. The highest BCUT2D eigenvalue weighted by Crippen LogP contribution is 2.26. The van der Waals surface area contributed by atoms with E-state index in [-0.39, 0.29) is 5.82 Å². The molecule has 0 aliphatic carbocycles. The van der Waals surface area contributed by atoms with Gasteiger partial charge in [0.15, 0.2) is 12.0 Å². The first-order chi connectivity index (χ1) is 9.78. The summed E-state index contributed by atoms with van der Waals surface area (Å²) in [5, 5.41) is 9.77. The normalized spacial score (nSPS) is 10.7. The number of hydrogen-bond acceptors (Lipinski definition) is 4. The molecule has 0 fully saturated rings. The van der Waals surface area contributed by atoms with Gasteiger partial charge in [-0.2, -0.15) is 0 Å². The third-order valence-electron chi connectivity index (χ3n) is 2.85. The fourth-order valence-electron chi connectivity index (χ4n) is 1.99. The highest BCUT2D eigenvalue weighted by molar-refractivity contribution is 7.13. The molecule has 0 aliphatic rings. The topological polar surface area (TPSA) is 47.8 Å². The molecule has 0 amide bonds. The van der Waals surface area contributed by atoms with E-state index in [0.717, 1.165) is 10.4 Å². The number of thiophene rings is 1. The van der Waals surface area contributed by atoms with Crippen molar-refractivity contribution in [2.45, 2.75) is 6.54 Å². The molecular formula is C14H10FN3OS. The minimum Gasteiger partial charge on any atom is -0.296 e. The summed E-state index contributed by atoms with van der Waals surface area (Å²) in [6.45, 7) is 0.367. The van der Waals surface area contributed by atoms with Gasteiger partial charge in [-0.1, -0.05) is 23.4 Å². The van der Waals surface area contributed by atoms with Gasteiger partial charge in [-0.05, 0) is 29.1 Å². The maximum Gasteiger partial charge on any atom is 0.172 e. The number of nitrogens with zero attached hydrogens (tertiary/aromatic N) is 3. The monoisotopic (exact) mass is 287 g/mol. The second-order valence-electron chi connectivity index (χ2n) is 4.21. The third-order valence-corrected chi connectivity index (χ3v) is 3.73. The average Bonchev–Trinajstić information content (AvgIpc) is 3.07. The minimum atomic E-state index is -0.295. The lowest BCUT2D eigenvalue weighted by Crippen LogP contribution is -2.04. The lowest BCUT2D eigenvalue weighted by Gasteiger charge is -2.05. The fraction of sp³-hybridized carbons (Fsp3) is 0.0714.